The third kappa shape index (κ3) is 1.14. The molecule has 0 saturated carbocycles. The van der Waals surface area contributed by atoms with E-state index >= 15 is 0 Å². The van der Waals surface area contributed by atoms with E-state index in [-0.39, 0.29) is 5.91 Å². The lowest BCUT2D eigenvalue weighted by Gasteiger charge is -2.05. The standard InChI is InChI=1S/C5H7N3O2/c1-8(6)5(9)4-2-7-10-3-4/h2-3H,6H2,1H3. The number of amides is 1. The molecule has 1 heterocycles. The molecule has 2 N–H and O–H groups in total. The largest absolute Gasteiger partial charge is 0.364 e. The van der Waals surface area contributed by atoms with Crippen molar-refractivity contribution in [2.45, 2.75) is 0 Å². The molecule has 1 rings (SSSR count). The van der Waals surface area contributed by atoms with Crippen LogP contribution in [-0.4, -0.2) is 23.1 Å². The van der Waals surface area contributed by atoms with Gasteiger partial charge in [-0.25, -0.2) is 5.84 Å². The highest BCUT2D eigenvalue weighted by Gasteiger charge is 2.09. The molecule has 1 aromatic rings. The summed E-state index contributed by atoms with van der Waals surface area (Å²) in [5.41, 5.74) is 0.352. The van der Waals surface area contributed by atoms with Crippen LogP contribution in [0.3, 0.4) is 0 Å². The maximum atomic E-state index is 10.9. The molecule has 0 radical (unpaired) electrons. The minimum absolute atomic E-state index is 0.318. The summed E-state index contributed by atoms with van der Waals surface area (Å²) in [6.45, 7) is 0. The summed E-state index contributed by atoms with van der Waals surface area (Å²) in [7, 11) is 1.45. The molecule has 0 aliphatic heterocycles. The molecule has 5 nitrogen and oxygen atoms in total. The summed E-state index contributed by atoms with van der Waals surface area (Å²) >= 11 is 0. The third-order valence-corrected chi connectivity index (χ3v) is 1.000. The average molecular weight is 141 g/mol. The fourth-order valence-electron chi connectivity index (χ4n) is 0.514. The van der Waals surface area contributed by atoms with Gasteiger partial charge < -0.3 is 4.52 Å². The summed E-state index contributed by atoms with van der Waals surface area (Å²) in [6, 6.07) is 0. The van der Waals surface area contributed by atoms with Crippen LogP contribution < -0.4 is 5.84 Å². The first-order chi connectivity index (χ1) is 4.72. The molecular formula is C5H7N3O2. The van der Waals surface area contributed by atoms with Crippen LogP contribution >= 0.6 is 0 Å². The molecule has 0 atom stereocenters. The monoisotopic (exact) mass is 141 g/mol. The summed E-state index contributed by atoms with van der Waals surface area (Å²) in [5.74, 6) is 4.82. The fourth-order valence-corrected chi connectivity index (χ4v) is 0.514. The number of carbonyl (C=O) groups is 1. The third-order valence-electron chi connectivity index (χ3n) is 1.000. The van der Waals surface area contributed by atoms with Gasteiger partial charge in [0.25, 0.3) is 5.91 Å². The van der Waals surface area contributed by atoms with Crippen LogP contribution in [-0.2, 0) is 0 Å². The van der Waals surface area contributed by atoms with Crippen LogP contribution in [0.2, 0.25) is 0 Å². The number of hydrazine groups is 1. The smallest absolute Gasteiger partial charge is 0.272 e. The number of rotatable bonds is 1. The molecule has 0 bridgehead atoms. The summed E-state index contributed by atoms with van der Waals surface area (Å²) in [5, 5.41) is 4.31. The molecule has 0 unspecified atom stereocenters. The topological polar surface area (TPSA) is 72.4 Å². The predicted molar refractivity (Wildman–Crippen MR) is 32.8 cm³/mol. The number of carbonyl (C=O) groups excluding carboxylic acids is 1. The Morgan fingerprint density at radius 1 is 1.90 bits per heavy atom. The van der Waals surface area contributed by atoms with Gasteiger partial charge in [-0.1, -0.05) is 5.16 Å². The van der Waals surface area contributed by atoms with E-state index in [0.29, 0.717) is 5.56 Å². The van der Waals surface area contributed by atoms with Crippen molar-refractivity contribution in [1.29, 1.82) is 0 Å². The Kier molecular flexibility index (Phi) is 1.68. The highest BCUT2D eigenvalue weighted by Crippen LogP contribution is 1.97. The lowest BCUT2D eigenvalue weighted by atomic mass is 10.3. The molecule has 54 valence electrons. The zero-order chi connectivity index (χ0) is 7.56. The van der Waals surface area contributed by atoms with Crippen molar-refractivity contribution < 1.29 is 9.32 Å². The SMILES string of the molecule is CN(N)C(=O)c1cnoc1. The van der Waals surface area contributed by atoms with E-state index in [1.165, 1.54) is 19.5 Å². The van der Waals surface area contributed by atoms with Crippen molar-refractivity contribution >= 4 is 5.91 Å². The van der Waals surface area contributed by atoms with Crippen molar-refractivity contribution in [3.63, 3.8) is 0 Å². The van der Waals surface area contributed by atoms with Gasteiger partial charge in [0, 0.05) is 7.05 Å². The van der Waals surface area contributed by atoms with Crippen LogP contribution in [0.1, 0.15) is 10.4 Å². The second-order valence-corrected chi connectivity index (χ2v) is 1.83. The maximum absolute atomic E-state index is 10.9. The Balaban J connectivity index is 2.78. The highest BCUT2D eigenvalue weighted by atomic mass is 16.5. The number of nitrogens with two attached hydrogens (primary N) is 1. The van der Waals surface area contributed by atoms with Gasteiger partial charge in [-0.2, -0.15) is 0 Å². The Bertz CT molecular complexity index is 217. The summed E-state index contributed by atoms with van der Waals surface area (Å²) in [6.07, 6.45) is 2.55. The van der Waals surface area contributed by atoms with Crippen molar-refractivity contribution in [3.05, 3.63) is 18.0 Å². The van der Waals surface area contributed by atoms with Crippen LogP contribution in [0.4, 0.5) is 0 Å². The molecule has 10 heavy (non-hydrogen) atoms. The lowest BCUT2D eigenvalue weighted by Crippen LogP contribution is -2.32. The van der Waals surface area contributed by atoms with Gasteiger partial charge in [0.15, 0.2) is 0 Å². The lowest BCUT2D eigenvalue weighted by molar-refractivity contribution is 0.0794. The molecule has 0 aromatic carbocycles. The second kappa shape index (κ2) is 2.49. The predicted octanol–water partition coefficient (Wildman–Crippen LogP) is -0.380. The van der Waals surface area contributed by atoms with E-state index in [1.807, 2.05) is 0 Å². The minimum Gasteiger partial charge on any atom is -0.364 e. The molecule has 1 amide bonds. The van der Waals surface area contributed by atoms with Gasteiger partial charge in [-0.15, -0.1) is 0 Å². The van der Waals surface area contributed by atoms with Gasteiger partial charge in [0.1, 0.15) is 11.8 Å². The Morgan fingerprint density at radius 2 is 2.60 bits per heavy atom. The van der Waals surface area contributed by atoms with E-state index in [2.05, 4.69) is 9.68 Å². The number of hydrogen-bond acceptors (Lipinski definition) is 4. The van der Waals surface area contributed by atoms with Crippen LogP contribution in [0.15, 0.2) is 17.0 Å². The van der Waals surface area contributed by atoms with Crippen molar-refractivity contribution in [3.8, 4) is 0 Å². The quantitative estimate of drug-likeness (QED) is 0.328. The number of hydrogen-bond donors (Lipinski definition) is 1. The van der Waals surface area contributed by atoms with Crippen molar-refractivity contribution in [2.24, 2.45) is 5.84 Å². The zero-order valence-electron chi connectivity index (χ0n) is 5.44. The van der Waals surface area contributed by atoms with Crippen LogP contribution in [0, 0.1) is 0 Å². The van der Waals surface area contributed by atoms with E-state index in [0.717, 1.165) is 5.01 Å². The Hall–Kier alpha value is -1.36. The zero-order valence-corrected chi connectivity index (χ0v) is 5.44. The molecule has 0 aliphatic rings. The van der Waals surface area contributed by atoms with E-state index in [1.54, 1.807) is 0 Å². The first-order valence-electron chi connectivity index (χ1n) is 2.64. The molecule has 1 aromatic heterocycles. The molecule has 0 spiro atoms. The fraction of sp³-hybridized carbons (Fsp3) is 0.200. The average Bonchev–Trinajstić information content (AvgIpc) is 2.36. The normalized spacial score (nSPS) is 9.40. The van der Waals surface area contributed by atoms with Gasteiger partial charge in [0.05, 0.1) is 6.20 Å². The number of nitrogens with zero attached hydrogens (tertiary/aromatic N) is 2. The van der Waals surface area contributed by atoms with Crippen molar-refractivity contribution in [2.75, 3.05) is 7.05 Å². The molecule has 0 aliphatic carbocycles. The van der Waals surface area contributed by atoms with Gasteiger partial charge >= 0.3 is 0 Å². The second-order valence-electron chi connectivity index (χ2n) is 1.83. The van der Waals surface area contributed by atoms with Gasteiger partial charge in [0.2, 0.25) is 0 Å². The summed E-state index contributed by atoms with van der Waals surface area (Å²) < 4.78 is 4.43. The van der Waals surface area contributed by atoms with Crippen LogP contribution in [0.25, 0.3) is 0 Å². The number of aromatic nitrogens is 1. The molecule has 0 fully saturated rings. The summed E-state index contributed by atoms with van der Waals surface area (Å²) in [4.78, 5) is 10.9. The molecule has 0 saturated heterocycles. The Morgan fingerprint density at radius 3 is 3.00 bits per heavy atom. The van der Waals surface area contributed by atoms with Crippen LogP contribution in [0.5, 0.6) is 0 Å². The Labute approximate surface area is 57.4 Å². The maximum Gasteiger partial charge on any atom is 0.272 e. The first kappa shape index (κ1) is 6.76. The minimum atomic E-state index is -0.318. The first-order valence-corrected chi connectivity index (χ1v) is 2.64. The highest BCUT2D eigenvalue weighted by molar-refractivity contribution is 5.92. The van der Waals surface area contributed by atoms with E-state index < -0.39 is 0 Å². The van der Waals surface area contributed by atoms with E-state index in [9.17, 15) is 4.79 Å². The van der Waals surface area contributed by atoms with Gasteiger partial charge in [-0.3, -0.25) is 9.80 Å². The van der Waals surface area contributed by atoms with Gasteiger partial charge in [-0.05, 0) is 0 Å². The van der Waals surface area contributed by atoms with E-state index in [4.69, 9.17) is 5.84 Å². The molecular weight excluding hydrogens is 134 g/mol. The van der Waals surface area contributed by atoms with Crippen molar-refractivity contribution in [1.82, 2.24) is 10.2 Å². The molecule has 5 heteroatoms.